The average molecular weight is 323 g/mol. The summed E-state index contributed by atoms with van der Waals surface area (Å²) in [7, 11) is 1.67. The predicted octanol–water partition coefficient (Wildman–Crippen LogP) is 4.88. The number of ether oxygens (including phenoxy) is 1. The largest absolute Gasteiger partial charge is 0.497 e. The summed E-state index contributed by atoms with van der Waals surface area (Å²) < 4.78 is 7.71. The van der Waals surface area contributed by atoms with Crippen LogP contribution in [0.15, 0.2) is 24.3 Å². The summed E-state index contributed by atoms with van der Waals surface area (Å²) >= 11 is 7.03. The van der Waals surface area contributed by atoms with Crippen LogP contribution in [0.25, 0.3) is 10.4 Å². The molecule has 0 fully saturated rings. The first kappa shape index (κ1) is 16.0. The molecule has 0 spiro atoms. The van der Waals surface area contributed by atoms with E-state index in [1.165, 1.54) is 0 Å². The Morgan fingerprint density at radius 2 is 1.86 bits per heavy atom. The Hall–Kier alpha value is -1.33. The maximum absolute atomic E-state index is 6.06. The third-order valence-corrected chi connectivity index (χ3v) is 5.02. The molecule has 1 aromatic carbocycles. The lowest BCUT2D eigenvalue weighted by molar-refractivity contribution is -0.0338. The lowest BCUT2D eigenvalue weighted by Crippen LogP contribution is -2.34. The Morgan fingerprint density at radius 3 is 2.38 bits per heavy atom. The molecule has 2 aromatic rings. The van der Waals surface area contributed by atoms with Crippen LogP contribution < -0.4 is 9.57 Å². The second kappa shape index (κ2) is 6.20. The second-order valence-corrected chi connectivity index (χ2v) is 7.15. The van der Waals surface area contributed by atoms with Crippen LogP contribution in [-0.4, -0.2) is 17.4 Å². The van der Waals surface area contributed by atoms with Crippen LogP contribution in [-0.2, 0) is 0 Å². The first-order chi connectivity index (χ1) is 9.88. The molecule has 0 aliphatic carbocycles. The number of methoxy groups -OCH3 is 1. The summed E-state index contributed by atoms with van der Waals surface area (Å²) in [6.07, 6.45) is 0.919. The van der Waals surface area contributed by atoms with Gasteiger partial charge in [0.05, 0.1) is 17.7 Å². The molecule has 0 aliphatic rings. The van der Waals surface area contributed by atoms with E-state index in [9.17, 15) is 0 Å². The molecule has 21 heavy (non-hydrogen) atoms. The summed E-state index contributed by atoms with van der Waals surface area (Å²) in [5.74, 6) is 0.850. The average Bonchev–Trinajstić information content (AvgIpc) is 2.75. The van der Waals surface area contributed by atoms with E-state index >= 15 is 0 Å². The zero-order valence-electron chi connectivity index (χ0n) is 13.1. The van der Waals surface area contributed by atoms with Crippen molar-refractivity contribution in [1.29, 1.82) is 0 Å². The van der Waals surface area contributed by atoms with Crippen LogP contribution in [0.3, 0.4) is 0 Å². The van der Waals surface area contributed by atoms with E-state index in [0.717, 1.165) is 32.3 Å². The van der Waals surface area contributed by atoms with Gasteiger partial charge in [0.2, 0.25) is 0 Å². The minimum Gasteiger partial charge on any atom is -0.497 e. The van der Waals surface area contributed by atoms with Crippen molar-refractivity contribution in [1.82, 2.24) is 4.73 Å². The zero-order chi connectivity index (χ0) is 15.6. The van der Waals surface area contributed by atoms with E-state index in [4.69, 9.17) is 21.8 Å². The van der Waals surface area contributed by atoms with Crippen molar-refractivity contribution in [2.75, 3.05) is 7.11 Å². The molecule has 0 amide bonds. The van der Waals surface area contributed by atoms with Crippen molar-refractivity contribution in [2.45, 2.75) is 39.7 Å². The number of nitrogens with zero attached hydrogens (tertiary/aromatic N) is 1. The summed E-state index contributed by atoms with van der Waals surface area (Å²) in [5.41, 5.74) is 1.93. The number of hydrogen-bond acceptors (Lipinski definition) is 4. The number of rotatable bonds is 5. The normalized spacial score (nSPS) is 11.5. The maximum Gasteiger partial charge on any atom is 0.197 e. The lowest BCUT2D eigenvalue weighted by atomic mass is 10.1. The molecule has 0 aliphatic heterocycles. The molecule has 1 heterocycles. The van der Waals surface area contributed by atoms with Crippen LogP contribution in [0, 0.1) is 10.9 Å². The highest BCUT2D eigenvalue weighted by molar-refractivity contribution is 7.73. The molecule has 0 N–H and O–H groups in total. The minimum atomic E-state index is -0.235. The number of benzene rings is 1. The molecule has 3 nitrogen and oxygen atoms in total. The number of hydrogen-bond donors (Lipinski definition) is 0. The fourth-order valence-electron chi connectivity index (χ4n) is 1.86. The van der Waals surface area contributed by atoms with E-state index in [2.05, 4.69) is 20.8 Å². The van der Waals surface area contributed by atoms with E-state index in [1.807, 2.05) is 31.2 Å². The van der Waals surface area contributed by atoms with Gasteiger partial charge in [0, 0.05) is 0 Å². The molecule has 114 valence electrons. The molecule has 2 rings (SSSR count). The van der Waals surface area contributed by atoms with Crippen LogP contribution in [0.4, 0.5) is 0 Å². The van der Waals surface area contributed by atoms with Gasteiger partial charge in [0.15, 0.2) is 3.95 Å². The summed E-state index contributed by atoms with van der Waals surface area (Å²) in [5, 5.41) is 0. The first-order valence-corrected chi connectivity index (χ1v) is 8.17. The van der Waals surface area contributed by atoms with Crippen LogP contribution in [0.1, 0.15) is 32.9 Å². The fraction of sp³-hybridized carbons (Fsp3) is 0.438. The number of thiazole rings is 1. The van der Waals surface area contributed by atoms with Crippen molar-refractivity contribution in [3.05, 3.63) is 33.9 Å². The van der Waals surface area contributed by atoms with E-state index in [0.29, 0.717) is 0 Å². The molecule has 0 atom stereocenters. The van der Waals surface area contributed by atoms with Gasteiger partial charge in [-0.25, -0.2) is 0 Å². The topological polar surface area (TPSA) is 23.4 Å². The molecular formula is C16H21NO2S2. The van der Waals surface area contributed by atoms with Gasteiger partial charge in [-0.05, 0) is 69.2 Å². The van der Waals surface area contributed by atoms with E-state index in [-0.39, 0.29) is 5.60 Å². The molecule has 0 saturated heterocycles. The van der Waals surface area contributed by atoms with Crippen molar-refractivity contribution in [2.24, 2.45) is 0 Å². The highest BCUT2D eigenvalue weighted by Gasteiger charge is 2.21. The monoisotopic (exact) mass is 323 g/mol. The van der Waals surface area contributed by atoms with Crippen molar-refractivity contribution >= 4 is 23.6 Å². The Kier molecular flexibility index (Phi) is 4.74. The quantitative estimate of drug-likeness (QED) is 0.733. The Labute approximate surface area is 135 Å². The SMILES string of the molecule is CCC(C)(C)On1c(C)c(-c2ccc(OC)cc2)sc1=S. The highest BCUT2D eigenvalue weighted by atomic mass is 32.1. The Bertz CT molecular complexity index is 669. The minimum absolute atomic E-state index is 0.235. The van der Waals surface area contributed by atoms with Gasteiger partial charge >= 0.3 is 0 Å². The van der Waals surface area contributed by atoms with Crippen LogP contribution >= 0.6 is 23.6 Å². The Morgan fingerprint density at radius 1 is 1.24 bits per heavy atom. The van der Waals surface area contributed by atoms with E-state index in [1.54, 1.807) is 23.2 Å². The molecule has 0 bridgehead atoms. The third-order valence-electron chi connectivity index (χ3n) is 3.53. The van der Waals surface area contributed by atoms with Gasteiger partial charge in [-0.3, -0.25) is 0 Å². The smallest absolute Gasteiger partial charge is 0.197 e. The summed E-state index contributed by atoms with van der Waals surface area (Å²) in [6, 6.07) is 8.00. The molecule has 0 unspecified atom stereocenters. The van der Waals surface area contributed by atoms with Crippen molar-refractivity contribution in [3.8, 4) is 16.2 Å². The second-order valence-electron chi connectivity index (χ2n) is 5.51. The third kappa shape index (κ3) is 3.47. The van der Waals surface area contributed by atoms with Gasteiger partial charge in [-0.15, -0.1) is 11.3 Å². The van der Waals surface area contributed by atoms with Crippen LogP contribution in [0.5, 0.6) is 5.75 Å². The van der Waals surface area contributed by atoms with Gasteiger partial charge in [0.25, 0.3) is 0 Å². The van der Waals surface area contributed by atoms with Gasteiger partial charge < -0.3 is 9.57 Å². The molecule has 1 aromatic heterocycles. The zero-order valence-corrected chi connectivity index (χ0v) is 14.7. The first-order valence-electron chi connectivity index (χ1n) is 6.94. The van der Waals surface area contributed by atoms with Crippen molar-refractivity contribution in [3.63, 3.8) is 0 Å². The lowest BCUT2D eigenvalue weighted by Gasteiger charge is -2.25. The van der Waals surface area contributed by atoms with Crippen molar-refractivity contribution < 1.29 is 9.57 Å². The molecule has 0 saturated carbocycles. The van der Waals surface area contributed by atoms with E-state index < -0.39 is 0 Å². The van der Waals surface area contributed by atoms with Gasteiger partial charge in [-0.1, -0.05) is 6.92 Å². The van der Waals surface area contributed by atoms with Crippen LogP contribution in [0.2, 0.25) is 0 Å². The standard InChI is InChI=1S/C16H21NO2S2/c1-6-16(3,4)19-17-11(2)14(21-15(17)20)12-7-9-13(18-5)10-8-12/h7-10H,6H2,1-5H3. The fourth-order valence-corrected chi connectivity index (χ4v) is 3.20. The maximum atomic E-state index is 6.06. The molecule has 0 radical (unpaired) electrons. The van der Waals surface area contributed by atoms with Gasteiger partial charge in [0.1, 0.15) is 11.4 Å². The molecular weight excluding hydrogens is 302 g/mol. The highest BCUT2D eigenvalue weighted by Crippen LogP contribution is 2.32. The number of aromatic nitrogens is 1. The molecule has 5 heteroatoms. The predicted molar refractivity (Wildman–Crippen MR) is 90.8 cm³/mol. The Balaban J connectivity index is 2.40. The summed E-state index contributed by atoms with van der Waals surface area (Å²) in [4.78, 5) is 7.19. The van der Waals surface area contributed by atoms with Gasteiger partial charge in [-0.2, -0.15) is 4.73 Å². The summed E-state index contributed by atoms with van der Waals surface area (Å²) in [6.45, 7) is 8.28.